The highest BCUT2D eigenvalue weighted by Crippen LogP contribution is 2.17. The van der Waals surface area contributed by atoms with Gasteiger partial charge < -0.3 is 14.0 Å². The third-order valence-corrected chi connectivity index (χ3v) is 6.19. The number of hydrogen-bond acceptors (Lipinski definition) is 8. The van der Waals surface area contributed by atoms with Gasteiger partial charge in [-0.15, -0.1) is 0 Å². The van der Waals surface area contributed by atoms with Crippen LogP contribution in [0.15, 0.2) is 64.0 Å². The second-order valence-electron chi connectivity index (χ2n) is 6.97. The van der Waals surface area contributed by atoms with Gasteiger partial charge in [0.2, 0.25) is 15.8 Å². The van der Waals surface area contributed by atoms with Crippen molar-refractivity contribution in [3.8, 4) is 11.4 Å². The lowest BCUT2D eigenvalue weighted by Gasteiger charge is -2.11. The molecule has 0 aliphatic carbocycles. The van der Waals surface area contributed by atoms with Gasteiger partial charge in [0.15, 0.2) is 6.61 Å². The molecule has 9 nitrogen and oxygen atoms in total. The van der Waals surface area contributed by atoms with Crippen molar-refractivity contribution >= 4 is 16.0 Å². The second kappa shape index (κ2) is 9.38. The molecule has 1 fully saturated rings. The number of sulfonamides is 1. The molecule has 1 aliphatic rings. The predicted octanol–water partition coefficient (Wildman–Crippen LogP) is 2.55. The lowest BCUT2D eigenvalue weighted by atomic mass is 10.2. The van der Waals surface area contributed by atoms with Crippen molar-refractivity contribution in [3.63, 3.8) is 0 Å². The summed E-state index contributed by atoms with van der Waals surface area (Å²) in [6.45, 7) is 0.684. The molecule has 4 rings (SSSR count). The molecule has 0 amide bonds. The van der Waals surface area contributed by atoms with Gasteiger partial charge in [-0.05, 0) is 37.1 Å². The first-order valence-corrected chi connectivity index (χ1v) is 11.3. The Labute approximate surface area is 179 Å². The Balaban J connectivity index is 1.32. The molecule has 10 heteroatoms. The quantitative estimate of drug-likeness (QED) is 0.527. The van der Waals surface area contributed by atoms with E-state index in [0.717, 1.165) is 18.4 Å². The summed E-state index contributed by atoms with van der Waals surface area (Å²) < 4.78 is 43.0. The number of aromatic nitrogens is 2. The molecule has 0 bridgehead atoms. The number of esters is 1. The summed E-state index contributed by atoms with van der Waals surface area (Å²) in [4.78, 5) is 16.5. The molecule has 1 aliphatic heterocycles. The highest BCUT2D eigenvalue weighted by atomic mass is 32.2. The number of nitrogens with zero attached hydrogens (tertiary/aromatic N) is 2. The molecule has 0 spiro atoms. The highest BCUT2D eigenvalue weighted by Gasteiger charge is 2.21. The molecule has 3 aromatic rings. The van der Waals surface area contributed by atoms with Crippen LogP contribution >= 0.6 is 0 Å². The van der Waals surface area contributed by atoms with E-state index < -0.39 is 16.0 Å². The first-order valence-electron chi connectivity index (χ1n) is 9.78. The zero-order chi connectivity index (χ0) is 21.7. The maximum absolute atomic E-state index is 12.4. The van der Waals surface area contributed by atoms with Crippen molar-refractivity contribution in [2.24, 2.45) is 0 Å². The van der Waals surface area contributed by atoms with Crippen molar-refractivity contribution in [1.29, 1.82) is 0 Å². The van der Waals surface area contributed by atoms with E-state index >= 15 is 0 Å². The summed E-state index contributed by atoms with van der Waals surface area (Å²) in [5.41, 5.74) is 0.995. The summed E-state index contributed by atoms with van der Waals surface area (Å²) in [7, 11) is -3.68. The maximum atomic E-state index is 12.4. The predicted molar refractivity (Wildman–Crippen MR) is 109 cm³/mol. The number of rotatable bonds is 8. The van der Waals surface area contributed by atoms with Crippen LogP contribution in [0.25, 0.3) is 11.4 Å². The van der Waals surface area contributed by atoms with Crippen LogP contribution in [-0.4, -0.2) is 43.8 Å². The third-order valence-electron chi connectivity index (χ3n) is 4.75. The largest absolute Gasteiger partial charge is 0.452 e. The lowest BCUT2D eigenvalue weighted by molar-refractivity contribution is 0.0429. The summed E-state index contributed by atoms with van der Waals surface area (Å²) in [5.74, 6) is -0.0721. The first-order chi connectivity index (χ1) is 15.0. The fourth-order valence-corrected chi connectivity index (χ4v) is 4.16. The first kappa shape index (κ1) is 21.2. The molecular formula is C21H21N3O6S. The van der Waals surface area contributed by atoms with Gasteiger partial charge >= 0.3 is 5.97 Å². The van der Waals surface area contributed by atoms with E-state index in [1.807, 2.05) is 30.3 Å². The van der Waals surface area contributed by atoms with E-state index in [-0.39, 0.29) is 35.6 Å². The number of benzene rings is 2. The molecule has 2 aromatic carbocycles. The Morgan fingerprint density at radius 2 is 1.90 bits per heavy atom. The van der Waals surface area contributed by atoms with Gasteiger partial charge in [0.1, 0.15) is 0 Å². The Morgan fingerprint density at radius 3 is 2.61 bits per heavy atom. The molecule has 1 saturated heterocycles. The number of carbonyl (C=O) groups excluding carboxylic acids is 1. The van der Waals surface area contributed by atoms with Crippen LogP contribution in [0.3, 0.4) is 0 Å². The molecule has 1 unspecified atom stereocenters. The number of hydrogen-bond donors (Lipinski definition) is 1. The molecule has 0 saturated carbocycles. The molecular weight excluding hydrogens is 422 g/mol. The maximum Gasteiger partial charge on any atom is 0.338 e. The summed E-state index contributed by atoms with van der Waals surface area (Å²) in [5, 5.41) is 3.86. The zero-order valence-electron chi connectivity index (χ0n) is 16.6. The number of carbonyl (C=O) groups is 1. The molecule has 162 valence electrons. The number of ether oxygens (including phenoxy) is 2. The zero-order valence-corrected chi connectivity index (χ0v) is 17.4. The van der Waals surface area contributed by atoms with Gasteiger partial charge in [0, 0.05) is 18.7 Å². The van der Waals surface area contributed by atoms with Gasteiger partial charge in [0.25, 0.3) is 5.89 Å². The summed E-state index contributed by atoms with van der Waals surface area (Å²) in [6, 6.07) is 14.8. The van der Waals surface area contributed by atoms with Crippen LogP contribution in [0, 0.1) is 0 Å². The van der Waals surface area contributed by atoms with Crippen molar-refractivity contribution in [1.82, 2.24) is 14.9 Å². The van der Waals surface area contributed by atoms with Crippen LogP contribution in [0.5, 0.6) is 0 Å². The van der Waals surface area contributed by atoms with Crippen LogP contribution in [-0.2, 0) is 26.1 Å². The van der Waals surface area contributed by atoms with Gasteiger partial charge in [-0.3, -0.25) is 0 Å². The van der Waals surface area contributed by atoms with Gasteiger partial charge in [-0.2, -0.15) is 4.98 Å². The molecule has 31 heavy (non-hydrogen) atoms. The fourth-order valence-electron chi connectivity index (χ4n) is 3.09. The van der Waals surface area contributed by atoms with Crippen LogP contribution in [0.4, 0.5) is 0 Å². The van der Waals surface area contributed by atoms with E-state index in [0.29, 0.717) is 12.4 Å². The molecule has 2 heterocycles. The molecule has 1 N–H and O–H groups in total. The van der Waals surface area contributed by atoms with Crippen LogP contribution in [0.2, 0.25) is 0 Å². The SMILES string of the molecule is O=C(OCc1nc(-c2ccccc2)no1)c1ccc(S(=O)(=O)NCC2CCCO2)cc1. The van der Waals surface area contributed by atoms with E-state index in [9.17, 15) is 13.2 Å². The minimum absolute atomic E-state index is 0.0615. The van der Waals surface area contributed by atoms with Crippen molar-refractivity contribution < 1.29 is 27.2 Å². The van der Waals surface area contributed by atoms with E-state index in [4.69, 9.17) is 14.0 Å². The summed E-state index contributed by atoms with van der Waals surface area (Å²) >= 11 is 0. The van der Waals surface area contributed by atoms with Crippen LogP contribution < -0.4 is 4.72 Å². The average molecular weight is 443 g/mol. The minimum atomic E-state index is -3.68. The van der Waals surface area contributed by atoms with Gasteiger partial charge in [-0.25, -0.2) is 17.9 Å². The lowest BCUT2D eigenvalue weighted by Crippen LogP contribution is -2.31. The fraction of sp³-hybridized carbons (Fsp3) is 0.286. The highest BCUT2D eigenvalue weighted by molar-refractivity contribution is 7.89. The third kappa shape index (κ3) is 5.35. The Bertz CT molecular complexity index is 1120. The molecule has 0 radical (unpaired) electrons. The van der Waals surface area contributed by atoms with E-state index in [2.05, 4.69) is 14.9 Å². The normalized spacial score (nSPS) is 16.3. The topological polar surface area (TPSA) is 121 Å². The second-order valence-corrected chi connectivity index (χ2v) is 8.73. The smallest absolute Gasteiger partial charge is 0.338 e. The summed E-state index contributed by atoms with van der Waals surface area (Å²) in [6.07, 6.45) is 1.66. The standard InChI is InChI=1S/C21H21N3O6S/c25-21(29-14-19-23-20(24-30-19)15-5-2-1-3-6-15)16-8-10-18(11-9-16)31(26,27)22-13-17-7-4-12-28-17/h1-3,5-6,8-11,17,22H,4,7,12-14H2. The van der Waals surface area contributed by atoms with Crippen molar-refractivity contribution in [2.75, 3.05) is 13.2 Å². The Morgan fingerprint density at radius 1 is 1.13 bits per heavy atom. The number of nitrogens with one attached hydrogen (secondary N) is 1. The van der Waals surface area contributed by atoms with Gasteiger partial charge in [0.05, 0.1) is 16.6 Å². The minimum Gasteiger partial charge on any atom is -0.452 e. The average Bonchev–Trinajstić information content (AvgIpc) is 3.49. The van der Waals surface area contributed by atoms with Gasteiger partial charge in [-0.1, -0.05) is 35.5 Å². The van der Waals surface area contributed by atoms with Crippen molar-refractivity contribution in [2.45, 2.75) is 30.4 Å². The Hall–Kier alpha value is -3.08. The van der Waals surface area contributed by atoms with E-state index in [1.165, 1.54) is 24.3 Å². The van der Waals surface area contributed by atoms with Crippen molar-refractivity contribution in [3.05, 3.63) is 66.1 Å². The van der Waals surface area contributed by atoms with Crippen LogP contribution in [0.1, 0.15) is 29.1 Å². The monoisotopic (exact) mass is 443 g/mol. The molecule has 1 aromatic heterocycles. The molecule has 1 atom stereocenters. The Kier molecular flexibility index (Phi) is 6.40. The van der Waals surface area contributed by atoms with E-state index in [1.54, 1.807) is 0 Å².